The zero-order chi connectivity index (χ0) is 16.3. The van der Waals surface area contributed by atoms with E-state index in [-0.39, 0.29) is 16.5 Å². The topological polar surface area (TPSA) is 43.8 Å². The molecule has 1 fully saturated rings. The highest BCUT2D eigenvalue weighted by Gasteiger charge is 2.32. The van der Waals surface area contributed by atoms with Crippen LogP contribution in [0, 0.1) is 5.82 Å². The van der Waals surface area contributed by atoms with Crippen LogP contribution in [-0.4, -0.2) is 60.1 Å². The third-order valence-electron chi connectivity index (χ3n) is 3.98. The van der Waals surface area contributed by atoms with E-state index >= 15 is 0 Å². The molecule has 2 rings (SSSR count). The number of hydrogen-bond donors (Lipinski definition) is 1. The summed E-state index contributed by atoms with van der Waals surface area (Å²) in [6.45, 7) is 1.51. The van der Waals surface area contributed by atoms with Crippen LogP contribution in [-0.2, 0) is 0 Å². The van der Waals surface area contributed by atoms with Crippen molar-refractivity contribution in [3.63, 3.8) is 0 Å². The van der Waals surface area contributed by atoms with Crippen molar-refractivity contribution < 1.29 is 14.3 Å². The van der Waals surface area contributed by atoms with Gasteiger partial charge in [0.15, 0.2) is 0 Å². The lowest BCUT2D eigenvalue weighted by atomic mass is 9.94. The first kappa shape index (κ1) is 17.2. The summed E-state index contributed by atoms with van der Waals surface area (Å²) in [5, 5.41) is 10.9. The van der Waals surface area contributed by atoms with E-state index in [1.54, 1.807) is 4.90 Å². The summed E-state index contributed by atoms with van der Waals surface area (Å²) in [7, 11) is 3.82. The highest BCUT2D eigenvalue weighted by Crippen LogP contribution is 2.25. The fourth-order valence-electron chi connectivity index (χ4n) is 2.96. The zero-order valence-corrected chi connectivity index (χ0v) is 13.7. The standard InChI is InChI=1S/C16H22ClFN2O2/c1-19(2)11-16(22)6-3-8-20(9-7-16)15(21)13-5-4-12(17)10-14(13)18/h4-5,10,22H,3,6-9,11H2,1-2H3/t16-/m0/s1. The Balaban J connectivity index is 2.09. The normalized spacial score (nSPS) is 22.7. The minimum atomic E-state index is -0.795. The fourth-order valence-corrected chi connectivity index (χ4v) is 3.12. The maximum absolute atomic E-state index is 13.9. The molecular weight excluding hydrogens is 307 g/mol. The predicted molar refractivity (Wildman–Crippen MR) is 84.7 cm³/mol. The molecule has 1 atom stereocenters. The Labute approximate surface area is 135 Å². The molecule has 1 N–H and O–H groups in total. The smallest absolute Gasteiger partial charge is 0.256 e. The monoisotopic (exact) mass is 328 g/mol. The average Bonchev–Trinajstić information content (AvgIpc) is 2.59. The van der Waals surface area contributed by atoms with Gasteiger partial charge in [0.05, 0.1) is 11.2 Å². The van der Waals surface area contributed by atoms with E-state index in [9.17, 15) is 14.3 Å². The quantitative estimate of drug-likeness (QED) is 0.926. The number of carbonyl (C=O) groups is 1. The molecule has 0 radical (unpaired) electrons. The molecule has 122 valence electrons. The second-order valence-corrected chi connectivity index (χ2v) is 6.67. The van der Waals surface area contributed by atoms with Gasteiger partial charge in [-0.2, -0.15) is 0 Å². The number of benzene rings is 1. The summed E-state index contributed by atoms with van der Waals surface area (Å²) in [6, 6.07) is 4.07. The SMILES string of the molecule is CN(C)C[C@]1(O)CCCN(C(=O)c2ccc(Cl)cc2F)CC1. The van der Waals surface area contributed by atoms with Crippen molar-refractivity contribution in [1.29, 1.82) is 0 Å². The van der Waals surface area contributed by atoms with Crippen LogP contribution in [0.4, 0.5) is 4.39 Å². The van der Waals surface area contributed by atoms with Gasteiger partial charge in [-0.3, -0.25) is 4.79 Å². The molecule has 0 unspecified atom stereocenters. The van der Waals surface area contributed by atoms with E-state index in [1.165, 1.54) is 12.1 Å². The summed E-state index contributed by atoms with van der Waals surface area (Å²) in [6.07, 6.45) is 1.83. The fraction of sp³-hybridized carbons (Fsp3) is 0.562. The van der Waals surface area contributed by atoms with Gasteiger partial charge in [0, 0.05) is 24.7 Å². The summed E-state index contributed by atoms with van der Waals surface area (Å²) >= 11 is 5.72. The van der Waals surface area contributed by atoms with Crippen LogP contribution >= 0.6 is 11.6 Å². The number of rotatable bonds is 3. The molecule has 4 nitrogen and oxygen atoms in total. The highest BCUT2D eigenvalue weighted by atomic mass is 35.5. The molecule has 1 heterocycles. The van der Waals surface area contributed by atoms with Crippen LogP contribution in [0.2, 0.25) is 5.02 Å². The maximum atomic E-state index is 13.9. The summed E-state index contributed by atoms with van der Waals surface area (Å²) in [5.74, 6) is -0.950. The molecule has 0 aromatic heterocycles. The molecule has 6 heteroatoms. The molecular formula is C16H22ClFN2O2. The van der Waals surface area contributed by atoms with Crippen LogP contribution in [0.25, 0.3) is 0 Å². The Morgan fingerprint density at radius 1 is 1.41 bits per heavy atom. The van der Waals surface area contributed by atoms with Gasteiger partial charge in [-0.15, -0.1) is 0 Å². The predicted octanol–water partition coefficient (Wildman–Crippen LogP) is 2.40. The summed E-state index contributed by atoms with van der Waals surface area (Å²) in [4.78, 5) is 16.0. The largest absolute Gasteiger partial charge is 0.388 e. The number of hydrogen-bond acceptors (Lipinski definition) is 3. The van der Waals surface area contributed by atoms with Gasteiger partial charge in [0.2, 0.25) is 0 Å². The van der Waals surface area contributed by atoms with E-state index in [1.807, 2.05) is 19.0 Å². The van der Waals surface area contributed by atoms with Crippen LogP contribution in [0.1, 0.15) is 29.6 Å². The van der Waals surface area contributed by atoms with E-state index in [0.717, 1.165) is 6.07 Å². The molecule has 0 bridgehead atoms. The molecule has 1 aromatic rings. The second kappa shape index (κ2) is 6.94. The molecule has 1 saturated heterocycles. The Kier molecular flexibility index (Phi) is 5.42. The summed E-state index contributed by atoms with van der Waals surface area (Å²) < 4.78 is 13.9. The first-order chi connectivity index (χ1) is 10.3. The Morgan fingerprint density at radius 3 is 2.77 bits per heavy atom. The molecule has 22 heavy (non-hydrogen) atoms. The minimum absolute atomic E-state index is 0.0300. The number of aliphatic hydroxyl groups is 1. The molecule has 1 aliphatic heterocycles. The maximum Gasteiger partial charge on any atom is 0.256 e. The van der Waals surface area contributed by atoms with Gasteiger partial charge in [-0.1, -0.05) is 11.6 Å². The lowest BCUT2D eigenvalue weighted by Crippen LogP contribution is -2.41. The molecule has 1 aromatic carbocycles. The number of amides is 1. The van der Waals surface area contributed by atoms with Gasteiger partial charge in [0.25, 0.3) is 5.91 Å². The van der Waals surface area contributed by atoms with Crippen LogP contribution < -0.4 is 0 Å². The number of nitrogens with zero attached hydrogens (tertiary/aromatic N) is 2. The van der Waals surface area contributed by atoms with Gasteiger partial charge < -0.3 is 14.9 Å². The minimum Gasteiger partial charge on any atom is -0.388 e. The van der Waals surface area contributed by atoms with E-state index in [4.69, 9.17) is 11.6 Å². The van der Waals surface area contributed by atoms with Gasteiger partial charge in [-0.05, 0) is 51.6 Å². The highest BCUT2D eigenvalue weighted by molar-refractivity contribution is 6.30. The van der Waals surface area contributed by atoms with E-state index in [0.29, 0.717) is 38.9 Å². The molecule has 0 saturated carbocycles. The zero-order valence-electron chi connectivity index (χ0n) is 13.0. The van der Waals surface area contributed by atoms with E-state index < -0.39 is 11.4 Å². The molecule has 1 amide bonds. The van der Waals surface area contributed by atoms with Crippen molar-refractivity contribution in [3.05, 3.63) is 34.6 Å². The van der Waals surface area contributed by atoms with Gasteiger partial charge in [0.1, 0.15) is 5.82 Å². The van der Waals surface area contributed by atoms with Crippen molar-refractivity contribution in [3.8, 4) is 0 Å². The first-order valence-electron chi connectivity index (χ1n) is 7.42. The molecule has 0 spiro atoms. The van der Waals surface area contributed by atoms with Crippen molar-refractivity contribution in [2.24, 2.45) is 0 Å². The van der Waals surface area contributed by atoms with Crippen LogP contribution in [0.15, 0.2) is 18.2 Å². The summed E-state index contributed by atoms with van der Waals surface area (Å²) in [5.41, 5.74) is -0.765. The third kappa shape index (κ3) is 4.18. The number of carbonyl (C=O) groups excluding carboxylic acids is 1. The number of likely N-dealkylation sites (N-methyl/N-ethyl adjacent to an activating group) is 1. The van der Waals surface area contributed by atoms with E-state index in [2.05, 4.69) is 0 Å². The number of likely N-dealkylation sites (tertiary alicyclic amines) is 1. The molecule has 1 aliphatic rings. The van der Waals surface area contributed by atoms with Crippen molar-refractivity contribution in [1.82, 2.24) is 9.80 Å². The average molecular weight is 329 g/mol. The lowest BCUT2D eigenvalue weighted by molar-refractivity contribution is 0.00304. The van der Waals surface area contributed by atoms with Gasteiger partial charge >= 0.3 is 0 Å². The lowest BCUT2D eigenvalue weighted by Gasteiger charge is -2.30. The second-order valence-electron chi connectivity index (χ2n) is 6.23. The van der Waals surface area contributed by atoms with Crippen molar-refractivity contribution >= 4 is 17.5 Å². The Morgan fingerprint density at radius 2 is 2.14 bits per heavy atom. The van der Waals surface area contributed by atoms with Crippen molar-refractivity contribution in [2.45, 2.75) is 24.9 Å². The Hall–Kier alpha value is -1.17. The third-order valence-corrected chi connectivity index (χ3v) is 4.21. The van der Waals surface area contributed by atoms with Crippen molar-refractivity contribution in [2.75, 3.05) is 33.7 Å². The van der Waals surface area contributed by atoms with Crippen LogP contribution in [0.3, 0.4) is 0 Å². The van der Waals surface area contributed by atoms with Gasteiger partial charge in [-0.25, -0.2) is 4.39 Å². The van der Waals surface area contributed by atoms with Crippen LogP contribution in [0.5, 0.6) is 0 Å². The Bertz CT molecular complexity index is 553. The number of halogens is 2. The first-order valence-corrected chi connectivity index (χ1v) is 7.80. The molecule has 0 aliphatic carbocycles.